The molecule has 6 heteroatoms. The van der Waals surface area contributed by atoms with Gasteiger partial charge in [0.15, 0.2) is 5.11 Å². The number of carbonyl (C=O) groups excluding carboxylic acids is 1. The summed E-state index contributed by atoms with van der Waals surface area (Å²) in [5.74, 6) is 0.531. The molecule has 18 heavy (non-hydrogen) atoms. The topological polar surface area (TPSA) is 62.4 Å². The van der Waals surface area contributed by atoms with Crippen LogP contribution in [-0.2, 0) is 9.53 Å². The largest absolute Gasteiger partial charge is 0.385 e. The maximum atomic E-state index is 11.4. The summed E-state index contributed by atoms with van der Waals surface area (Å²) in [5, 5.41) is 9.49. The first-order valence-electron chi connectivity index (χ1n) is 6.33. The van der Waals surface area contributed by atoms with Gasteiger partial charge in [0.05, 0.1) is 0 Å². The maximum Gasteiger partial charge on any atom is 0.221 e. The van der Waals surface area contributed by atoms with Crippen LogP contribution in [0.5, 0.6) is 0 Å². The van der Waals surface area contributed by atoms with Crippen LogP contribution in [0.2, 0.25) is 0 Å². The maximum absolute atomic E-state index is 11.4. The Morgan fingerprint density at radius 1 is 1.22 bits per heavy atom. The molecule has 0 aromatic carbocycles. The third-order valence-electron chi connectivity index (χ3n) is 2.16. The van der Waals surface area contributed by atoms with E-state index in [0.29, 0.717) is 30.6 Å². The lowest BCUT2D eigenvalue weighted by atomic mass is 10.2. The van der Waals surface area contributed by atoms with Crippen LogP contribution in [-0.4, -0.2) is 44.4 Å². The van der Waals surface area contributed by atoms with Crippen LogP contribution < -0.4 is 16.0 Å². The summed E-state index contributed by atoms with van der Waals surface area (Å²) in [6, 6.07) is 0. The van der Waals surface area contributed by atoms with Crippen LogP contribution in [0.25, 0.3) is 0 Å². The van der Waals surface area contributed by atoms with Crippen molar-refractivity contribution >= 4 is 23.2 Å². The molecule has 1 amide bonds. The fraction of sp³-hybridized carbons (Fsp3) is 0.833. The first-order chi connectivity index (χ1) is 8.56. The molecular weight excluding hydrogens is 250 g/mol. The number of ether oxygens (including phenoxy) is 1. The molecule has 0 heterocycles. The van der Waals surface area contributed by atoms with E-state index in [0.717, 1.165) is 19.5 Å². The average molecular weight is 275 g/mol. The number of thiocarbonyl (C=S) groups is 1. The average Bonchev–Trinajstić information content (AvgIpc) is 2.32. The van der Waals surface area contributed by atoms with Crippen molar-refractivity contribution in [1.29, 1.82) is 0 Å². The van der Waals surface area contributed by atoms with Crippen LogP contribution in [0.4, 0.5) is 0 Å². The Bertz CT molecular complexity index is 247. The molecular formula is C12H25N3O2S. The molecule has 5 nitrogen and oxygen atoms in total. The lowest BCUT2D eigenvalue weighted by Crippen LogP contribution is -2.38. The lowest BCUT2D eigenvalue weighted by Gasteiger charge is -2.11. The summed E-state index contributed by atoms with van der Waals surface area (Å²) >= 11 is 5.07. The molecule has 106 valence electrons. The summed E-state index contributed by atoms with van der Waals surface area (Å²) in [6.07, 6.45) is 1.35. The standard InChI is InChI=1S/C12H25N3O2S/c1-10(2)9-15-11(16)5-7-14-12(18)13-6-4-8-17-3/h10H,4-9H2,1-3H3,(H,15,16)(H2,13,14,18). The van der Waals surface area contributed by atoms with Crippen LogP contribution in [0.1, 0.15) is 26.7 Å². The van der Waals surface area contributed by atoms with Gasteiger partial charge in [0.25, 0.3) is 0 Å². The summed E-state index contributed by atoms with van der Waals surface area (Å²) in [7, 11) is 1.67. The van der Waals surface area contributed by atoms with E-state index in [1.54, 1.807) is 7.11 Å². The summed E-state index contributed by atoms with van der Waals surface area (Å²) in [4.78, 5) is 11.4. The molecule has 0 saturated heterocycles. The second-order valence-electron chi connectivity index (χ2n) is 4.48. The van der Waals surface area contributed by atoms with Crippen LogP contribution in [0.15, 0.2) is 0 Å². The van der Waals surface area contributed by atoms with Crippen molar-refractivity contribution < 1.29 is 9.53 Å². The molecule has 0 aromatic heterocycles. The Kier molecular flexibility index (Phi) is 10.7. The number of carbonyl (C=O) groups is 1. The molecule has 0 spiro atoms. The van der Waals surface area contributed by atoms with Crippen molar-refractivity contribution in [2.45, 2.75) is 26.7 Å². The Morgan fingerprint density at radius 3 is 2.50 bits per heavy atom. The first kappa shape index (κ1) is 17.1. The summed E-state index contributed by atoms with van der Waals surface area (Å²) in [6.45, 7) is 6.90. The highest BCUT2D eigenvalue weighted by atomic mass is 32.1. The van der Waals surface area contributed by atoms with Gasteiger partial charge < -0.3 is 20.7 Å². The second-order valence-corrected chi connectivity index (χ2v) is 4.89. The van der Waals surface area contributed by atoms with Crippen molar-refractivity contribution in [3.8, 4) is 0 Å². The molecule has 0 bridgehead atoms. The SMILES string of the molecule is COCCCNC(=S)NCCC(=O)NCC(C)C. The van der Waals surface area contributed by atoms with E-state index in [-0.39, 0.29) is 5.91 Å². The Balaban J connectivity index is 3.41. The molecule has 0 rings (SSSR count). The van der Waals surface area contributed by atoms with Crippen molar-refractivity contribution in [1.82, 2.24) is 16.0 Å². The molecule has 3 N–H and O–H groups in total. The fourth-order valence-electron chi connectivity index (χ4n) is 1.18. The number of nitrogens with one attached hydrogen (secondary N) is 3. The number of hydrogen-bond donors (Lipinski definition) is 3. The van der Waals surface area contributed by atoms with Crippen molar-refractivity contribution in [3.63, 3.8) is 0 Å². The van der Waals surface area contributed by atoms with Crippen molar-refractivity contribution in [2.24, 2.45) is 5.92 Å². The van der Waals surface area contributed by atoms with Gasteiger partial charge >= 0.3 is 0 Å². The molecule has 0 aliphatic heterocycles. The predicted octanol–water partition coefficient (Wildman–Crippen LogP) is 0.649. The van der Waals surface area contributed by atoms with E-state index >= 15 is 0 Å². The van der Waals surface area contributed by atoms with Crippen LogP contribution in [0, 0.1) is 5.92 Å². The molecule has 0 atom stereocenters. The van der Waals surface area contributed by atoms with Gasteiger partial charge in [0.1, 0.15) is 0 Å². The highest BCUT2D eigenvalue weighted by molar-refractivity contribution is 7.80. The lowest BCUT2D eigenvalue weighted by molar-refractivity contribution is -0.121. The van der Waals surface area contributed by atoms with Crippen LogP contribution >= 0.6 is 12.2 Å². The number of rotatable bonds is 9. The van der Waals surface area contributed by atoms with Gasteiger partial charge in [0, 0.05) is 39.8 Å². The van der Waals surface area contributed by atoms with Crippen LogP contribution in [0.3, 0.4) is 0 Å². The number of hydrogen-bond acceptors (Lipinski definition) is 3. The summed E-state index contributed by atoms with van der Waals surface area (Å²) in [5.41, 5.74) is 0. The molecule has 0 aliphatic rings. The molecule has 0 saturated carbocycles. The Hall–Kier alpha value is -0.880. The van der Waals surface area contributed by atoms with Crippen molar-refractivity contribution in [3.05, 3.63) is 0 Å². The first-order valence-corrected chi connectivity index (χ1v) is 6.74. The third kappa shape index (κ3) is 11.6. The zero-order chi connectivity index (χ0) is 13.8. The van der Waals surface area contributed by atoms with Gasteiger partial charge in [-0.05, 0) is 24.6 Å². The quantitative estimate of drug-likeness (QED) is 0.426. The van der Waals surface area contributed by atoms with Gasteiger partial charge in [0.2, 0.25) is 5.91 Å². The summed E-state index contributed by atoms with van der Waals surface area (Å²) < 4.78 is 4.93. The molecule has 0 aromatic rings. The Morgan fingerprint density at radius 2 is 1.89 bits per heavy atom. The highest BCUT2D eigenvalue weighted by Crippen LogP contribution is 1.88. The normalized spacial score (nSPS) is 10.2. The Labute approximate surface area is 115 Å². The van der Waals surface area contributed by atoms with Crippen molar-refractivity contribution in [2.75, 3.05) is 33.4 Å². The molecule has 0 aliphatic carbocycles. The zero-order valence-corrected chi connectivity index (χ0v) is 12.4. The molecule has 0 unspecified atom stereocenters. The zero-order valence-electron chi connectivity index (χ0n) is 11.5. The third-order valence-corrected chi connectivity index (χ3v) is 2.44. The monoisotopic (exact) mass is 275 g/mol. The van der Waals surface area contributed by atoms with E-state index < -0.39 is 0 Å². The number of methoxy groups -OCH3 is 1. The van der Waals surface area contributed by atoms with Gasteiger partial charge in [-0.25, -0.2) is 0 Å². The van der Waals surface area contributed by atoms with E-state index in [4.69, 9.17) is 17.0 Å². The smallest absolute Gasteiger partial charge is 0.221 e. The van der Waals surface area contributed by atoms with E-state index in [1.807, 2.05) is 0 Å². The molecule has 0 fully saturated rings. The van der Waals surface area contributed by atoms with E-state index in [2.05, 4.69) is 29.8 Å². The van der Waals surface area contributed by atoms with Gasteiger partial charge in [-0.2, -0.15) is 0 Å². The highest BCUT2D eigenvalue weighted by Gasteiger charge is 2.02. The minimum atomic E-state index is 0.0541. The minimum absolute atomic E-state index is 0.0541. The van der Waals surface area contributed by atoms with Gasteiger partial charge in [-0.15, -0.1) is 0 Å². The van der Waals surface area contributed by atoms with E-state index in [1.165, 1.54) is 0 Å². The molecule has 0 radical (unpaired) electrons. The van der Waals surface area contributed by atoms with E-state index in [9.17, 15) is 4.79 Å². The fourth-order valence-corrected chi connectivity index (χ4v) is 1.38. The number of amides is 1. The second kappa shape index (κ2) is 11.2. The van der Waals surface area contributed by atoms with Gasteiger partial charge in [-0.3, -0.25) is 4.79 Å². The van der Waals surface area contributed by atoms with Gasteiger partial charge in [-0.1, -0.05) is 13.8 Å². The predicted molar refractivity (Wildman–Crippen MR) is 77.6 cm³/mol. The minimum Gasteiger partial charge on any atom is -0.385 e.